The highest BCUT2D eigenvalue weighted by atomic mass is 16.6. The Labute approximate surface area is 192 Å². The fraction of sp³-hybridized carbons (Fsp3) is 0.692. The first-order valence-electron chi connectivity index (χ1n) is 12.1. The van der Waals surface area contributed by atoms with Gasteiger partial charge in [-0.2, -0.15) is 0 Å². The van der Waals surface area contributed by atoms with Gasteiger partial charge < -0.3 is 14.5 Å². The third-order valence-electron chi connectivity index (χ3n) is 7.61. The highest BCUT2D eigenvalue weighted by Gasteiger charge is 2.55. The Morgan fingerprint density at radius 1 is 1.09 bits per heavy atom. The second-order valence-electron chi connectivity index (χ2n) is 11.3. The Bertz CT molecular complexity index is 834. The van der Waals surface area contributed by atoms with E-state index >= 15 is 0 Å². The van der Waals surface area contributed by atoms with Crippen molar-refractivity contribution >= 4 is 12.0 Å². The molecule has 0 radical (unpaired) electrons. The molecule has 1 aromatic rings. The number of esters is 1. The van der Waals surface area contributed by atoms with E-state index in [1.807, 2.05) is 20.8 Å². The van der Waals surface area contributed by atoms with Gasteiger partial charge in [0.2, 0.25) is 0 Å². The molecule has 0 atom stereocenters. The van der Waals surface area contributed by atoms with Crippen LogP contribution in [0, 0.1) is 5.92 Å². The van der Waals surface area contributed by atoms with Crippen molar-refractivity contribution in [2.45, 2.75) is 76.0 Å². The monoisotopic (exact) mass is 441 g/mol. The molecule has 2 saturated carbocycles. The minimum absolute atomic E-state index is 0.0137. The first-order chi connectivity index (χ1) is 15.0. The van der Waals surface area contributed by atoms with E-state index in [1.54, 1.807) is 4.90 Å². The molecule has 4 rings (SSSR count). The van der Waals surface area contributed by atoms with E-state index in [0.717, 1.165) is 32.2 Å². The van der Waals surface area contributed by atoms with Gasteiger partial charge in [-0.05, 0) is 84.9 Å². The Kier molecular flexibility index (Phi) is 6.03. The fourth-order valence-electron chi connectivity index (χ4n) is 5.66. The van der Waals surface area contributed by atoms with E-state index in [2.05, 4.69) is 54.2 Å². The van der Waals surface area contributed by atoms with Gasteiger partial charge in [-0.1, -0.05) is 30.3 Å². The van der Waals surface area contributed by atoms with Crippen LogP contribution in [-0.2, 0) is 15.1 Å². The average molecular weight is 442 g/mol. The third-order valence-corrected chi connectivity index (χ3v) is 7.61. The van der Waals surface area contributed by atoms with Crippen LogP contribution in [0.3, 0.4) is 0 Å². The molecule has 176 valence electrons. The van der Waals surface area contributed by atoms with Crippen LogP contribution in [0.4, 0.5) is 4.79 Å². The summed E-state index contributed by atoms with van der Waals surface area (Å²) in [6, 6.07) is 10.8. The lowest BCUT2D eigenvalue weighted by Crippen LogP contribution is -2.55. The molecule has 6 heteroatoms. The summed E-state index contributed by atoms with van der Waals surface area (Å²) in [5.41, 5.74) is 0.607. The Balaban J connectivity index is 1.54. The number of rotatable bonds is 6. The second kappa shape index (κ2) is 8.36. The number of benzene rings is 1. The van der Waals surface area contributed by atoms with E-state index in [4.69, 9.17) is 4.74 Å². The largest absolute Gasteiger partial charge is 0.459 e. The topological polar surface area (TPSA) is 53.1 Å². The second-order valence-corrected chi connectivity index (χ2v) is 11.3. The molecule has 2 amide bonds. The van der Waals surface area contributed by atoms with Gasteiger partial charge in [0.05, 0.1) is 5.54 Å². The van der Waals surface area contributed by atoms with Crippen LogP contribution >= 0.6 is 0 Å². The molecule has 0 aromatic heterocycles. The van der Waals surface area contributed by atoms with E-state index < -0.39 is 5.60 Å². The van der Waals surface area contributed by atoms with Crippen LogP contribution in [0.2, 0.25) is 0 Å². The number of amides is 2. The number of hydrogen-bond acceptors (Lipinski definition) is 4. The summed E-state index contributed by atoms with van der Waals surface area (Å²) in [6.07, 6.45) is 6.30. The maximum atomic E-state index is 13.4. The van der Waals surface area contributed by atoms with Crippen molar-refractivity contribution in [3.05, 3.63) is 35.9 Å². The van der Waals surface area contributed by atoms with Gasteiger partial charge in [-0.15, -0.1) is 0 Å². The summed E-state index contributed by atoms with van der Waals surface area (Å²) >= 11 is 0. The Hall–Kier alpha value is -2.08. The summed E-state index contributed by atoms with van der Waals surface area (Å²) in [4.78, 5) is 32.2. The van der Waals surface area contributed by atoms with Gasteiger partial charge in [0.1, 0.15) is 12.1 Å². The zero-order valence-electron chi connectivity index (χ0n) is 20.4. The third kappa shape index (κ3) is 4.52. The van der Waals surface area contributed by atoms with Crippen molar-refractivity contribution in [1.29, 1.82) is 0 Å². The van der Waals surface area contributed by atoms with Gasteiger partial charge in [-0.25, -0.2) is 4.79 Å². The van der Waals surface area contributed by atoms with Gasteiger partial charge in [0.25, 0.3) is 0 Å². The lowest BCUT2D eigenvalue weighted by atomic mass is 9.68. The molecule has 1 aromatic carbocycles. The average Bonchev–Trinajstić information content (AvgIpc) is 3.51. The first kappa shape index (κ1) is 23.1. The summed E-state index contributed by atoms with van der Waals surface area (Å²) in [7, 11) is 4.34. The van der Waals surface area contributed by atoms with Crippen molar-refractivity contribution in [1.82, 2.24) is 14.7 Å². The predicted molar refractivity (Wildman–Crippen MR) is 125 cm³/mol. The van der Waals surface area contributed by atoms with Gasteiger partial charge in [0, 0.05) is 18.6 Å². The van der Waals surface area contributed by atoms with Crippen LogP contribution in [0.1, 0.15) is 64.9 Å². The number of carbonyl (C=O) groups is 2. The summed E-state index contributed by atoms with van der Waals surface area (Å²) in [5.74, 6) is 0.295. The summed E-state index contributed by atoms with van der Waals surface area (Å²) in [5, 5.41) is 0. The molecule has 1 aliphatic heterocycles. The molecular weight excluding hydrogens is 402 g/mol. The number of nitrogens with zero attached hydrogens (tertiary/aromatic N) is 3. The molecule has 1 spiro atoms. The number of ether oxygens (including phenoxy) is 1. The quantitative estimate of drug-likeness (QED) is 0.620. The van der Waals surface area contributed by atoms with Gasteiger partial charge in [0.15, 0.2) is 0 Å². The molecule has 1 heterocycles. The molecule has 0 N–H and O–H groups in total. The number of carbonyl (C=O) groups excluding carboxylic acids is 2. The highest BCUT2D eigenvalue weighted by molar-refractivity contribution is 5.83. The Morgan fingerprint density at radius 3 is 2.25 bits per heavy atom. The van der Waals surface area contributed by atoms with Crippen molar-refractivity contribution < 1.29 is 14.3 Å². The Morgan fingerprint density at radius 2 is 1.72 bits per heavy atom. The molecule has 2 aliphatic carbocycles. The van der Waals surface area contributed by atoms with Crippen molar-refractivity contribution in [3.8, 4) is 0 Å². The zero-order chi connectivity index (χ0) is 23.1. The molecule has 32 heavy (non-hydrogen) atoms. The molecule has 1 saturated heterocycles. The molecule has 0 unspecified atom stereocenters. The first-order valence-corrected chi connectivity index (χ1v) is 12.1. The summed E-state index contributed by atoms with van der Waals surface area (Å²) < 4.78 is 5.52. The number of urea groups is 1. The smallest absolute Gasteiger partial charge is 0.326 e. The van der Waals surface area contributed by atoms with Crippen molar-refractivity contribution in [2.24, 2.45) is 5.92 Å². The number of hydrogen-bond donors (Lipinski definition) is 0. The van der Waals surface area contributed by atoms with Crippen LogP contribution in [0.5, 0.6) is 0 Å². The minimum atomic E-state index is -0.545. The van der Waals surface area contributed by atoms with Gasteiger partial charge >= 0.3 is 12.0 Å². The zero-order valence-corrected chi connectivity index (χ0v) is 20.4. The lowest BCUT2D eigenvalue weighted by Gasteiger charge is -2.51. The highest BCUT2D eigenvalue weighted by Crippen LogP contribution is 2.49. The minimum Gasteiger partial charge on any atom is -0.459 e. The maximum absolute atomic E-state index is 13.4. The fourth-order valence-corrected chi connectivity index (χ4v) is 5.66. The SMILES string of the molecule is CN(C)[C@]1(c2ccccc2)CC[C@@]2(CC1)CN(CC(=O)OC(C)(C)C)C(=O)N2CC1CC1. The van der Waals surface area contributed by atoms with Crippen molar-refractivity contribution in [3.63, 3.8) is 0 Å². The van der Waals surface area contributed by atoms with Crippen LogP contribution in [-0.4, -0.2) is 71.6 Å². The standard InChI is InChI=1S/C26H39N3O3/c1-24(2,3)32-22(30)18-28-19-25(29(23(28)31)17-20-11-12-20)13-15-26(16-14-25,27(4)5)21-9-7-6-8-10-21/h6-10,20H,11-19H2,1-5H3/t25-,26-. The molecule has 3 aliphatic rings. The molecule has 0 bridgehead atoms. The van der Waals surface area contributed by atoms with Crippen LogP contribution in [0.15, 0.2) is 30.3 Å². The normalized spacial score (nSPS) is 28.6. The van der Waals surface area contributed by atoms with Crippen LogP contribution in [0.25, 0.3) is 0 Å². The van der Waals surface area contributed by atoms with E-state index in [-0.39, 0.29) is 29.6 Å². The lowest BCUT2D eigenvalue weighted by molar-refractivity contribution is -0.155. The van der Waals surface area contributed by atoms with Crippen LogP contribution < -0.4 is 0 Å². The van der Waals surface area contributed by atoms with E-state index in [0.29, 0.717) is 12.5 Å². The maximum Gasteiger partial charge on any atom is 0.326 e. The van der Waals surface area contributed by atoms with E-state index in [9.17, 15) is 9.59 Å². The van der Waals surface area contributed by atoms with Crippen molar-refractivity contribution in [2.75, 3.05) is 33.7 Å². The molecule has 3 fully saturated rings. The van der Waals surface area contributed by atoms with E-state index in [1.165, 1.54) is 18.4 Å². The predicted octanol–water partition coefficient (Wildman–Crippen LogP) is 4.25. The summed E-state index contributed by atoms with van der Waals surface area (Å²) in [6.45, 7) is 7.08. The van der Waals surface area contributed by atoms with Gasteiger partial charge in [-0.3, -0.25) is 9.69 Å². The molecule has 6 nitrogen and oxygen atoms in total. The molecular formula is C26H39N3O3.